The summed E-state index contributed by atoms with van der Waals surface area (Å²) in [4.78, 5) is 0. The predicted molar refractivity (Wildman–Crippen MR) is 65.8 cm³/mol. The molecule has 0 aromatic carbocycles. The van der Waals surface area contributed by atoms with Crippen molar-refractivity contribution in [2.24, 2.45) is 5.92 Å². The fourth-order valence-corrected chi connectivity index (χ4v) is 4.54. The van der Waals surface area contributed by atoms with Gasteiger partial charge in [0.15, 0.2) is 0 Å². The van der Waals surface area contributed by atoms with Gasteiger partial charge in [-0.25, -0.2) is 0 Å². The predicted octanol–water partition coefficient (Wildman–Crippen LogP) is 4.64. The van der Waals surface area contributed by atoms with Gasteiger partial charge in [-0.2, -0.15) is 0 Å². The van der Waals surface area contributed by atoms with Crippen molar-refractivity contribution in [3.05, 3.63) is 11.8 Å². The Balaban J connectivity index is 4.15. The summed E-state index contributed by atoms with van der Waals surface area (Å²) in [6.45, 7) is 11.7. The van der Waals surface area contributed by atoms with Crippen LogP contribution in [0.2, 0.25) is 18.1 Å². The highest BCUT2D eigenvalue weighted by molar-refractivity contribution is 6.84. The molecule has 0 atom stereocenters. The molecule has 0 aliphatic heterocycles. The molecule has 0 rings (SSSR count). The Morgan fingerprint density at radius 3 is 1.77 bits per heavy atom. The molecule has 0 bridgehead atoms. The average Bonchev–Trinajstić information content (AvgIpc) is 2.13. The van der Waals surface area contributed by atoms with Crippen molar-refractivity contribution in [2.75, 3.05) is 0 Å². The molecule has 0 amide bonds. The quantitative estimate of drug-likeness (QED) is 0.546. The van der Waals surface area contributed by atoms with Gasteiger partial charge >= 0.3 is 0 Å². The second-order valence-electron chi connectivity index (χ2n) is 4.45. The maximum Gasteiger partial charge on any atom is 0.0766 e. The van der Waals surface area contributed by atoms with Crippen LogP contribution in [0.25, 0.3) is 0 Å². The molecule has 1 heteroatoms. The van der Waals surface area contributed by atoms with Crippen molar-refractivity contribution in [2.45, 2.75) is 59.2 Å². The van der Waals surface area contributed by atoms with E-state index in [4.69, 9.17) is 0 Å². The normalized spacial score (nSPS) is 13.1. The minimum absolute atomic E-state index is 0.813. The standard InChI is InChI=1S/C12H26Si/c1-6-13(7-2,8-3)11-9-10-12(4)5/h9,11-12H,6-8,10H2,1-5H3/b11-9-. The van der Waals surface area contributed by atoms with Crippen LogP contribution in [0.3, 0.4) is 0 Å². The fraction of sp³-hybridized carbons (Fsp3) is 0.833. The molecule has 0 aliphatic rings. The lowest BCUT2D eigenvalue weighted by Gasteiger charge is -2.23. The smallest absolute Gasteiger partial charge is 0.0766 e. The maximum absolute atomic E-state index is 2.59. The van der Waals surface area contributed by atoms with Gasteiger partial charge in [0.25, 0.3) is 0 Å². The molecule has 0 saturated heterocycles. The van der Waals surface area contributed by atoms with Gasteiger partial charge in [-0.3, -0.25) is 0 Å². The van der Waals surface area contributed by atoms with Crippen molar-refractivity contribution in [1.82, 2.24) is 0 Å². The summed E-state index contributed by atoms with van der Waals surface area (Å²) in [6.07, 6.45) is 3.70. The molecule has 0 N–H and O–H groups in total. The van der Waals surface area contributed by atoms with Crippen LogP contribution in [0.4, 0.5) is 0 Å². The Bertz CT molecular complexity index is 135. The first-order valence-corrected chi connectivity index (χ1v) is 8.47. The van der Waals surface area contributed by atoms with Gasteiger partial charge in [-0.1, -0.05) is 64.5 Å². The molecule has 0 unspecified atom stereocenters. The van der Waals surface area contributed by atoms with Gasteiger partial charge in [-0.05, 0) is 12.3 Å². The Kier molecular flexibility index (Phi) is 6.40. The summed E-state index contributed by atoms with van der Waals surface area (Å²) in [7, 11) is -0.965. The molecule has 0 aromatic rings. The Morgan fingerprint density at radius 2 is 1.46 bits per heavy atom. The van der Waals surface area contributed by atoms with Crippen molar-refractivity contribution >= 4 is 8.07 Å². The monoisotopic (exact) mass is 198 g/mol. The van der Waals surface area contributed by atoms with Gasteiger partial charge in [0.05, 0.1) is 8.07 Å². The molecule has 0 saturated carbocycles. The summed E-state index contributed by atoms with van der Waals surface area (Å²) in [5.41, 5.74) is 2.59. The van der Waals surface area contributed by atoms with Crippen LogP contribution in [0.1, 0.15) is 41.0 Å². The van der Waals surface area contributed by atoms with Gasteiger partial charge in [0.2, 0.25) is 0 Å². The zero-order chi connectivity index (χ0) is 10.3. The van der Waals surface area contributed by atoms with E-state index in [-0.39, 0.29) is 0 Å². The summed E-state index contributed by atoms with van der Waals surface area (Å²) < 4.78 is 0. The Labute approximate surface area is 85.4 Å². The van der Waals surface area contributed by atoms with E-state index in [0.29, 0.717) is 0 Å². The molecular formula is C12H26Si. The molecule has 0 nitrogen and oxygen atoms in total. The first-order chi connectivity index (χ1) is 6.10. The maximum atomic E-state index is 2.59. The van der Waals surface area contributed by atoms with Gasteiger partial charge in [0.1, 0.15) is 0 Å². The van der Waals surface area contributed by atoms with E-state index in [9.17, 15) is 0 Å². The second kappa shape index (κ2) is 6.42. The minimum Gasteiger partial charge on any atom is -0.0981 e. The van der Waals surface area contributed by atoms with E-state index in [1.807, 2.05) is 0 Å². The van der Waals surface area contributed by atoms with Gasteiger partial charge in [0, 0.05) is 0 Å². The molecular weight excluding hydrogens is 172 g/mol. The van der Waals surface area contributed by atoms with E-state index >= 15 is 0 Å². The second-order valence-corrected chi connectivity index (χ2v) is 9.63. The summed E-state index contributed by atoms with van der Waals surface area (Å²) >= 11 is 0. The lowest BCUT2D eigenvalue weighted by molar-refractivity contribution is 0.664. The topological polar surface area (TPSA) is 0 Å². The highest BCUT2D eigenvalue weighted by atomic mass is 28.3. The highest BCUT2D eigenvalue weighted by Gasteiger charge is 2.22. The van der Waals surface area contributed by atoms with Gasteiger partial charge in [-0.15, -0.1) is 0 Å². The van der Waals surface area contributed by atoms with Crippen molar-refractivity contribution in [1.29, 1.82) is 0 Å². The Morgan fingerprint density at radius 1 is 1.00 bits per heavy atom. The fourth-order valence-electron chi connectivity index (χ4n) is 1.69. The minimum atomic E-state index is -0.965. The highest BCUT2D eigenvalue weighted by Crippen LogP contribution is 2.22. The third kappa shape index (κ3) is 4.66. The third-order valence-electron chi connectivity index (χ3n) is 3.19. The number of allylic oxidation sites excluding steroid dienone is 1. The van der Waals surface area contributed by atoms with Crippen LogP contribution in [0.5, 0.6) is 0 Å². The first kappa shape index (κ1) is 13.0. The molecule has 0 heterocycles. The van der Waals surface area contributed by atoms with Crippen molar-refractivity contribution < 1.29 is 0 Å². The molecule has 0 aliphatic carbocycles. The molecule has 0 aromatic heterocycles. The SMILES string of the molecule is CC[Si](/C=C\CC(C)C)(CC)CC. The lowest BCUT2D eigenvalue weighted by atomic mass is 10.1. The van der Waals surface area contributed by atoms with Crippen LogP contribution < -0.4 is 0 Å². The lowest BCUT2D eigenvalue weighted by Crippen LogP contribution is -2.28. The van der Waals surface area contributed by atoms with Crippen molar-refractivity contribution in [3.8, 4) is 0 Å². The van der Waals surface area contributed by atoms with E-state index in [1.54, 1.807) is 0 Å². The van der Waals surface area contributed by atoms with Crippen LogP contribution in [0, 0.1) is 5.92 Å². The molecule has 78 valence electrons. The molecule has 0 radical (unpaired) electrons. The van der Waals surface area contributed by atoms with E-state index in [0.717, 1.165) is 5.92 Å². The number of rotatable bonds is 6. The van der Waals surface area contributed by atoms with Crippen LogP contribution >= 0.6 is 0 Å². The largest absolute Gasteiger partial charge is 0.0981 e. The average molecular weight is 198 g/mol. The zero-order valence-corrected chi connectivity index (χ0v) is 11.1. The molecule has 0 spiro atoms. The van der Waals surface area contributed by atoms with Crippen molar-refractivity contribution in [3.63, 3.8) is 0 Å². The summed E-state index contributed by atoms with van der Waals surface area (Å²) in [5.74, 6) is 0.813. The summed E-state index contributed by atoms with van der Waals surface area (Å²) in [5, 5.41) is 0. The first-order valence-electron chi connectivity index (χ1n) is 5.78. The van der Waals surface area contributed by atoms with E-state index in [2.05, 4.69) is 46.4 Å². The van der Waals surface area contributed by atoms with Crippen LogP contribution in [-0.2, 0) is 0 Å². The number of hydrogen-bond acceptors (Lipinski definition) is 0. The van der Waals surface area contributed by atoms with Crippen LogP contribution in [-0.4, -0.2) is 8.07 Å². The number of hydrogen-bond donors (Lipinski definition) is 0. The molecule has 13 heavy (non-hydrogen) atoms. The summed E-state index contributed by atoms with van der Waals surface area (Å²) in [6, 6.07) is 4.23. The van der Waals surface area contributed by atoms with Gasteiger partial charge < -0.3 is 0 Å². The van der Waals surface area contributed by atoms with E-state index < -0.39 is 8.07 Å². The third-order valence-corrected chi connectivity index (χ3v) is 8.36. The van der Waals surface area contributed by atoms with Crippen LogP contribution in [0.15, 0.2) is 11.8 Å². The van der Waals surface area contributed by atoms with E-state index in [1.165, 1.54) is 24.6 Å². The Hall–Kier alpha value is -0.0431. The zero-order valence-electron chi connectivity index (χ0n) is 10.1. The molecule has 0 fully saturated rings.